The number of alkyl halides is 3. The highest BCUT2D eigenvalue weighted by molar-refractivity contribution is 5.80. The Morgan fingerprint density at radius 2 is 1.81 bits per heavy atom. The summed E-state index contributed by atoms with van der Waals surface area (Å²) in [6.45, 7) is 5.77. The fraction of sp³-hybridized carbons (Fsp3) is 0.933. The summed E-state index contributed by atoms with van der Waals surface area (Å²) in [4.78, 5) is 4.58. The van der Waals surface area contributed by atoms with Crippen molar-refractivity contribution in [1.82, 2.24) is 10.6 Å². The van der Waals surface area contributed by atoms with Crippen molar-refractivity contribution in [2.45, 2.75) is 64.6 Å². The van der Waals surface area contributed by atoms with Gasteiger partial charge in [-0.2, -0.15) is 13.2 Å². The monoisotopic (exact) mass is 305 g/mol. The van der Waals surface area contributed by atoms with Gasteiger partial charge in [-0.1, -0.05) is 6.92 Å². The Bertz CT molecular complexity index is 367. The molecule has 122 valence electrons. The third kappa shape index (κ3) is 5.08. The van der Waals surface area contributed by atoms with Crippen LogP contribution in [0.2, 0.25) is 0 Å². The van der Waals surface area contributed by atoms with E-state index in [9.17, 15) is 13.2 Å². The molecule has 0 heterocycles. The molecule has 2 aliphatic rings. The van der Waals surface area contributed by atoms with Gasteiger partial charge >= 0.3 is 6.18 Å². The van der Waals surface area contributed by atoms with Crippen LogP contribution in [0, 0.1) is 11.3 Å². The molecule has 2 saturated carbocycles. The Morgan fingerprint density at radius 1 is 1.19 bits per heavy atom. The SMILES string of the molecule is CCNC(=NCC1(C)CC1)NC1CCC(C(F)(F)F)CC1. The lowest BCUT2D eigenvalue weighted by Gasteiger charge is -2.31. The van der Waals surface area contributed by atoms with E-state index in [1.807, 2.05) is 6.92 Å². The molecule has 0 saturated heterocycles. The van der Waals surface area contributed by atoms with E-state index in [4.69, 9.17) is 0 Å². The van der Waals surface area contributed by atoms with Crippen LogP contribution < -0.4 is 10.6 Å². The van der Waals surface area contributed by atoms with Crippen molar-refractivity contribution in [3.05, 3.63) is 0 Å². The van der Waals surface area contributed by atoms with Gasteiger partial charge in [0.2, 0.25) is 0 Å². The molecule has 2 N–H and O–H groups in total. The molecule has 0 amide bonds. The fourth-order valence-corrected chi connectivity index (χ4v) is 2.72. The molecule has 3 nitrogen and oxygen atoms in total. The lowest BCUT2D eigenvalue weighted by molar-refractivity contribution is -0.182. The molecule has 21 heavy (non-hydrogen) atoms. The van der Waals surface area contributed by atoms with Crippen molar-refractivity contribution in [2.75, 3.05) is 13.1 Å². The lowest BCUT2D eigenvalue weighted by Crippen LogP contribution is -2.46. The molecule has 0 aromatic carbocycles. The van der Waals surface area contributed by atoms with Gasteiger partial charge in [-0.3, -0.25) is 4.99 Å². The van der Waals surface area contributed by atoms with Crippen LogP contribution in [0.1, 0.15) is 52.4 Å². The molecular weight excluding hydrogens is 279 g/mol. The second-order valence-electron chi connectivity index (χ2n) is 6.74. The first kappa shape index (κ1) is 16.4. The third-order valence-electron chi connectivity index (χ3n) is 4.60. The van der Waals surface area contributed by atoms with Gasteiger partial charge < -0.3 is 10.6 Å². The molecular formula is C15H26F3N3. The average Bonchev–Trinajstić information content (AvgIpc) is 3.14. The number of hydrogen-bond acceptors (Lipinski definition) is 1. The minimum Gasteiger partial charge on any atom is -0.357 e. The highest BCUT2D eigenvalue weighted by atomic mass is 19.4. The maximum absolute atomic E-state index is 12.7. The van der Waals surface area contributed by atoms with Crippen molar-refractivity contribution < 1.29 is 13.2 Å². The predicted molar refractivity (Wildman–Crippen MR) is 78.3 cm³/mol. The van der Waals surface area contributed by atoms with Crippen LogP contribution in [0.15, 0.2) is 4.99 Å². The first-order valence-electron chi connectivity index (χ1n) is 7.94. The van der Waals surface area contributed by atoms with Gasteiger partial charge in [0, 0.05) is 19.1 Å². The zero-order valence-corrected chi connectivity index (χ0v) is 12.9. The molecule has 0 spiro atoms. The van der Waals surface area contributed by atoms with E-state index in [2.05, 4.69) is 22.5 Å². The van der Waals surface area contributed by atoms with Crippen LogP contribution >= 0.6 is 0 Å². The number of halogens is 3. The molecule has 0 aliphatic heterocycles. The zero-order chi connectivity index (χ0) is 15.5. The largest absolute Gasteiger partial charge is 0.391 e. The molecule has 2 rings (SSSR count). The first-order chi connectivity index (χ1) is 9.82. The topological polar surface area (TPSA) is 36.4 Å². The summed E-state index contributed by atoms with van der Waals surface area (Å²) >= 11 is 0. The quantitative estimate of drug-likeness (QED) is 0.616. The average molecular weight is 305 g/mol. The van der Waals surface area contributed by atoms with Gasteiger partial charge in [0.1, 0.15) is 0 Å². The summed E-state index contributed by atoms with van der Waals surface area (Å²) < 4.78 is 38.0. The van der Waals surface area contributed by atoms with E-state index in [0.29, 0.717) is 18.3 Å². The summed E-state index contributed by atoms with van der Waals surface area (Å²) in [7, 11) is 0. The second-order valence-corrected chi connectivity index (χ2v) is 6.74. The standard InChI is InChI=1S/C15H26F3N3/c1-3-19-13(20-10-14(2)8-9-14)21-12-6-4-11(5-7-12)15(16,17)18/h11-12H,3-10H2,1-2H3,(H2,19,20,21). The Hall–Kier alpha value is -0.940. The normalized spacial score (nSPS) is 29.1. The molecule has 2 aliphatic carbocycles. The minimum atomic E-state index is -4.04. The van der Waals surface area contributed by atoms with E-state index < -0.39 is 12.1 Å². The Balaban J connectivity index is 1.81. The van der Waals surface area contributed by atoms with Crippen molar-refractivity contribution in [3.8, 4) is 0 Å². The van der Waals surface area contributed by atoms with Crippen molar-refractivity contribution in [3.63, 3.8) is 0 Å². The second kappa shape index (κ2) is 6.44. The number of aliphatic imine (C=N–C) groups is 1. The summed E-state index contributed by atoms with van der Waals surface area (Å²) in [5.74, 6) is -0.374. The molecule has 0 radical (unpaired) electrons. The maximum Gasteiger partial charge on any atom is 0.391 e. The van der Waals surface area contributed by atoms with Crippen molar-refractivity contribution in [2.24, 2.45) is 16.3 Å². The summed E-state index contributed by atoms with van der Waals surface area (Å²) in [6.07, 6.45) is -0.0440. The highest BCUT2D eigenvalue weighted by Crippen LogP contribution is 2.45. The van der Waals surface area contributed by atoms with Crippen LogP contribution in [0.25, 0.3) is 0 Å². The van der Waals surface area contributed by atoms with Crippen LogP contribution in [0.4, 0.5) is 13.2 Å². The maximum atomic E-state index is 12.7. The number of guanidine groups is 1. The Kier molecular flexibility index (Phi) is 5.04. The number of nitrogens with one attached hydrogen (secondary N) is 2. The molecule has 0 unspecified atom stereocenters. The van der Waals surface area contributed by atoms with Gasteiger partial charge in [-0.05, 0) is 50.9 Å². The molecule has 0 bridgehead atoms. The van der Waals surface area contributed by atoms with Crippen molar-refractivity contribution >= 4 is 5.96 Å². The predicted octanol–water partition coefficient (Wildman–Crippen LogP) is 3.46. The van der Waals surface area contributed by atoms with E-state index in [-0.39, 0.29) is 18.9 Å². The number of nitrogens with zero attached hydrogens (tertiary/aromatic N) is 1. The number of rotatable bonds is 4. The van der Waals surface area contributed by atoms with Gasteiger partial charge in [-0.15, -0.1) is 0 Å². The van der Waals surface area contributed by atoms with Crippen LogP contribution in [0.5, 0.6) is 0 Å². The van der Waals surface area contributed by atoms with Gasteiger partial charge in [0.05, 0.1) is 5.92 Å². The van der Waals surface area contributed by atoms with Gasteiger partial charge in [-0.25, -0.2) is 0 Å². The van der Waals surface area contributed by atoms with Crippen LogP contribution in [0.3, 0.4) is 0 Å². The third-order valence-corrected chi connectivity index (χ3v) is 4.60. The molecule has 0 aromatic rings. The van der Waals surface area contributed by atoms with E-state index in [0.717, 1.165) is 19.0 Å². The smallest absolute Gasteiger partial charge is 0.357 e. The molecule has 6 heteroatoms. The van der Waals surface area contributed by atoms with Crippen molar-refractivity contribution in [1.29, 1.82) is 0 Å². The first-order valence-corrected chi connectivity index (χ1v) is 7.94. The zero-order valence-electron chi connectivity index (χ0n) is 12.9. The van der Waals surface area contributed by atoms with Gasteiger partial charge in [0.25, 0.3) is 0 Å². The van der Waals surface area contributed by atoms with Crippen LogP contribution in [-0.4, -0.2) is 31.3 Å². The van der Waals surface area contributed by atoms with Crippen LogP contribution in [-0.2, 0) is 0 Å². The van der Waals surface area contributed by atoms with Gasteiger partial charge in [0.15, 0.2) is 5.96 Å². The summed E-state index contributed by atoms with van der Waals surface area (Å²) in [6, 6.07) is 0.105. The Morgan fingerprint density at radius 3 is 2.29 bits per heavy atom. The van der Waals surface area contributed by atoms with E-state index in [1.165, 1.54) is 12.8 Å². The highest BCUT2D eigenvalue weighted by Gasteiger charge is 2.41. The van der Waals surface area contributed by atoms with E-state index >= 15 is 0 Å². The summed E-state index contributed by atoms with van der Waals surface area (Å²) in [5, 5.41) is 6.49. The lowest BCUT2D eigenvalue weighted by atomic mass is 9.85. The van der Waals surface area contributed by atoms with E-state index in [1.54, 1.807) is 0 Å². The summed E-state index contributed by atoms with van der Waals surface area (Å²) in [5.41, 5.74) is 0.344. The molecule has 2 fully saturated rings. The molecule has 0 atom stereocenters. The molecule has 0 aromatic heterocycles. The Labute approximate surface area is 124 Å². The minimum absolute atomic E-state index is 0.105. The number of hydrogen-bond donors (Lipinski definition) is 2. The fourth-order valence-electron chi connectivity index (χ4n) is 2.72.